The molecule has 2 bridgehead atoms. The molecule has 4 nitrogen and oxygen atoms in total. The molecular weight excluding hydrogens is 200 g/mol. The van der Waals surface area contributed by atoms with Crippen LogP contribution in [0.3, 0.4) is 0 Å². The minimum absolute atomic E-state index is 0.423. The zero-order chi connectivity index (χ0) is 11.3. The topological polar surface area (TPSA) is 42.7 Å². The lowest BCUT2D eigenvalue weighted by Crippen LogP contribution is -2.23. The van der Waals surface area contributed by atoms with Gasteiger partial charge in [0.15, 0.2) is 5.82 Å². The number of aromatic nitrogens is 3. The lowest BCUT2D eigenvalue weighted by Gasteiger charge is -2.18. The number of hydrogen-bond donors (Lipinski definition) is 1. The molecule has 0 radical (unpaired) electrons. The number of fused-ring (bicyclic) bond motifs is 2. The molecule has 3 heterocycles. The van der Waals surface area contributed by atoms with E-state index < -0.39 is 0 Å². The van der Waals surface area contributed by atoms with Gasteiger partial charge in [0.2, 0.25) is 0 Å². The molecule has 3 atom stereocenters. The van der Waals surface area contributed by atoms with E-state index in [0.717, 1.165) is 11.9 Å². The summed E-state index contributed by atoms with van der Waals surface area (Å²) in [7, 11) is 2.03. The van der Waals surface area contributed by atoms with Crippen LogP contribution in [0.4, 0.5) is 0 Å². The van der Waals surface area contributed by atoms with Crippen molar-refractivity contribution in [1.82, 2.24) is 20.1 Å². The summed E-state index contributed by atoms with van der Waals surface area (Å²) in [5.41, 5.74) is 0. The first-order valence-corrected chi connectivity index (χ1v) is 6.32. The summed E-state index contributed by atoms with van der Waals surface area (Å²) in [5, 5.41) is 8.18. The minimum Gasteiger partial charge on any atom is -0.310 e. The molecule has 2 aliphatic heterocycles. The second-order valence-corrected chi connectivity index (χ2v) is 5.50. The highest BCUT2D eigenvalue weighted by atomic mass is 15.3. The SMILES string of the molecule is CC(C)c1nc(C2CC3CCC2N3)n(C)n1. The predicted octanol–water partition coefficient (Wildman–Crippen LogP) is 1.55. The van der Waals surface area contributed by atoms with Gasteiger partial charge in [-0.2, -0.15) is 5.10 Å². The van der Waals surface area contributed by atoms with Crippen LogP contribution in [0.15, 0.2) is 0 Å². The second-order valence-electron chi connectivity index (χ2n) is 5.50. The van der Waals surface area contributed by atoms with Crippen LogP contribution in [0.2, 0.25) is 0 Å². The Morgan fingerprint density at radius 3 is 2.69 bits per heavy atom. The molecule has 0 aromatic carbocycles. The van der Waals surface area contributed by atoms with Crippen LogP contribution in [0.25, 0.3) is 0 Å². The summed E-state index contributed by atoms with van der Waals surface area (Å²) < 4.78 is 1.99. The molecule has 1 aromatic rings. The average molecular weight is 220 g/mol. The first kappa shape index (κ1) is 10.3. The third-order valence-electron chi connectivity index (χ3n) is 3.96. The summed E-state index contributed by atoms with van der Waals surface area (Å²) in [6.07, 6.45) is 3.89. The molecule has 16 heavy (non-hydrogen) atoms. The zero-order valence-electron chi connectivity index (χ0n) is 10.3. The van der Waals surface area contributed by atoms with Crippen LogP contribution in [0.1, 0.15) is 56.6 Å². The second kappa shape index (κ2) is 3.55. The van der Waals surface area contributed by atoms with Crippen molar-refractivity contribution in [2.45, 2.75) is 57.0 Å². The maximum absolute atomic E-state index is 4.72. The summed E-state index contributed by atoms with van der Waals surface area (Å²) >= 11 is 0. The summed E-state index contributed by atoms with van der Waals surface area (Å²) in [4.78, 5) is 4.72. The molecule has 0 spiro atoms. The molecule has 2 aliphatic rings. The van der Waals surface area contributed by atoms with Crippen molar-refractivity contribution in [1.29, 1.82) is 0 Å². The van der Waals surface area contributed by atoms with Gasteiger partial charge in [0, 0.05) is 31.0 Å². The predicted molar refractivity (Wildman–Crippen MR) is 62.4 cm³/mol. The van der Waals surface area contributed by atoms with Crippen LogP contribution < -0.4 is 5.32 Å². The normalized spacial score (nSPS) is 32.9. The van der Waals surface area contributed by atoms with E-state index in [1.165, 1.54) is 25.1 Å². The Morgan fingerprint density at radius 2 is 2.19 bits per heavy atom. The molecule has 0 amide bonds. The molecule has 0 aliphatic carbocycles. The monoisotopic (exact) mass is 220 g/mol. The Hall–Kier alpha value is -0.900. The fraction of sp³-hybridized carbons (Fsp3) is 0.833. The number of rotatable bonds is 2. The van der Waals surface area contributed by atoms with Gasteiger partial charge in [0.1, 0.15) is 5.82 Å². The van der Waals surface area contributed by atoms with Crippen molar-refractivity contribution in [3.05, 3.63) is 11.6 Å². The molecule has 3 rings (SSSR count). The molecule has 4 heteroatoms. The van der Waals surface area contributed by atoms with Crippen LogP contribution >= 0.6 is 0 Å². The van der Waals surface area contributed by atoms with Crippen LogP contribution in [-0.2, 0) is 7.05 Å². The maximum atomic E-state index is 4.72. The van der Waals surface area contributed by atoms with E-state index in [1.807, 2.05) is 11.7 Å². The van der Waals surface area contributed by atoms with Gasteiger partial charge in [0.05, 0.1) is 0 Å². The zero-order valence-corrected chi connectivity index (χ0v) is 10.3. The van der Waals surface area contributed by atoms with E-state index in [-0.39, 0.29) is 0 Å². The van der Waals surface area contributed by atoms with Crippen LogP contribution in [0.5, 0.6) is 0 Å². The van der Waals surface area contributed by atoms with E-state index >= 15 is 0 Å². The van der Waals surface area contributed by atoms with Gasteiger partial charge in [-0.3, -0.25) is 4.68 Å². The van der Waals surface area contributed by atoms with E-state index in [9.17, 15) is 0 Å². The Balaban J connectivity index is 1.89. The third-order valence-corrected chi connectivity index (χ3v) is 3.96. The minimum atomic E-state index is 0.423. The molecule has 1 aromatic heterocycles. The first-order chi connectivity index (χ1) is 7.65. The van der Waals surface area contributed by atoms with E-state index in [0.29, 0.717) is 17.9 Å². The Morgan fingerprint density at radius 1 is 1.38 bits per heavy atom. The number of nitrogens with zero attached hydrogens (tertiary/aromatic N) is 3. The van der Waals surface area contributed by atoms with Gasteiger partial charge >= 0.3 is 0 Å². The van der Waals surface area contributed by atoms with Crippen LogP contribution in [-0.4, -0.2) is 26.8 Å². The Kier molecular flexibility index (Phi) is 2.28. The van der Waals surface area contributed by atoms with Crippen molar-refractivity contribution in [3.8, 4) is 0 Å². The van der Waals surface area contributed by atoms with Gasteiger partial charge in [-0.15, -0.1) is 0 Å². The molecular formula is C12H20N4. The average Bonchev–Trinajstić information content (AvgIpc) is 2.90. The maximum Gasteiger partial charge on any atom is 0.153 e. The largest absolute Gasteiger partial charge is 0.310 e. The van der Waals surface area contributed by atoms with Crippen molar-refractivity contribution < 1.29 is 0 Å². The lowest BCUT2D eigenvalue weighted by atomic mass is 9.88. The highest BCUT2D eigenvalue weighted by Gasteiger charge is 2.41. The first-order valence-electron chi connectivity index (χ1n) is 6.32. The van der Waals surface area contributed by atoms with Crippen molar-refractivity contribution in [2.75, 3.05) is 0 Å². The standard InChI is InChI=1S/C12H20N4/c1-7(2)11-14-12(16(3)15-11)9-6-8-4-5-10(9)13-8/h7-10,13H,4-6H2,1-3H3. The number of nitrogens with one attached hydrogen (secondary N) is 1. The molecule has 3 unspecified atom stereocenters. The van der Waals surface area contributed by atoms with Gasteiger partial charge < -0.3 is 5.32 Å². The van der Waals surface area contributed by atoms with E-state index in [1.54, 1.807) is 0 Å². The molecule has 1 N–H and O–H groups in total. The lowest BCUT2D eigenvalue weighted by molar-refractivity contribution is 0.469. The Bertz CT molecular complexity index is 396. The van der Waals surface area contributed by atoms with Crippen molar-refractivity contribution in [2.24, 2.45) is 7.05 Å². The molecule has 2 fully saturated rings. The Labute approximate surface area is 96.4 Å². The van der Waals surface area contributed by atoms with Crippen molar-refractivity contribution >= 4 is 0 Å². The van der Waals surface area contributed by atoms with Gasteiger partial charge in [-0.05, 0) is 19.3 Å². The van der Waals surface area contributed by atoms with Crippen LogP contribution in [0, 0.1) is 0 Å². The third kappa shape index (κ3) is 1.47. The van der Waals surface area contributed by atoms with E-state index in [2.05, 4.69) is 24.3 Å². The highest BCUT2D eigenvalue weighted by molar-refractivity contribution is 5.13. The quantitative estimate of drug-likeness (QED) is 0.822. The summed E-state index contributed by atoms with van der Waals surface area (Å²) in [6, 6.07) is 1.38. The smallest absolute Gasteiger partial charge is 0.153 e. The fourth-order valence-corrected chi connectivity index (χ4v) is 3.09. The van der Waals surface area contributed by atoms with Gasteiger partial charge in [-0.25, -0.2) is 4.98 Å². The fourth-order valence-electron chi connectivity index (χ4n) is 3.09. The summed E-state index contributed by atoms with van der Waals surface area (Å²) in [6.45, 7) is 4.30. The van der Waals surface area contributed by atoms with Gasteiger partial charge in [-0.1, -0.05) is 13.8 Å². The molecule has 88 valence electrons. The van der Waals surface area contributed by atoms with E-state index in [4.69, 9.17) is 4.98 Å². The molecule has 0 saturated carbocycles. The molecule has 2 saturated heterocycles. The summed E-state index contributed by atoms with van der Waals surface area (Å²) in [5.74, 6) is 3.18. The number of aryl methyl sites for hydroxylation is 1. The number of hydrogen-bond acceptors (Lipinski definition) is 3. The van der Waals surface area contributed by atoms with Crippen molar-refractivity contribution in [3.63, 3.8) is 0 Å². The van der Waals surface area contributed by atoms with Gasteiger partial charge in [0.25, 0.3) is 0 Å². The highest BCUT2D eigenvalue weighted by Crippen LogP contribution is 2.39.